The van der Waals surface area contributed by atoms with Gasteiger partial charge in [0.05, 0.1) is 18.9 Å². The molecule has 0 fully saturated rings. The number of carbonyl (C=O) groups excluding carboxylic acids is 1. The quantitative estimate of drug-likeness (QED) is 0.848. The second-order valence-corrected chi connectivity index (χ2v) is 5.56. The van der Waals surface area contributed by atoms with E-state index in [0.29, 0.717) is 10.9 Å². The number of hydrogen-bond donors (Lipinski definition) is 2. The highest BCUT2D eigenvalue weighted by Gasteiger charge is 2.12. The van der Waals surface area contributed by atoms with Gasteiger partial charge in [-0.3, -0.25) is 4.79 Å². The normalized spacial score (nSPS) is 10.6. The summed E-state index contributed by atoms with van der Waals surface area (Å²) in [5.41, 5.74) is -0.161. The van der Waals surface area contributed by atoms with Gasteiger partial charge in [-0.15, -0.1) is 10.2 Å². The smallest absolute Gasteiger partial charge is 0.356 e. The summed E-state index contributed by atoms with van der Waals surface area (Å²) in [7, 11) is 0. The van der Waals surface area contributed by atoms with Crippen molar-refractivity contribution in [1.29, 1.82) is 0 Å². The van der Waals surface area contributed by atoms with Crippen molar-refractivity contribution in [3.05, 3.63) is 33.8 Å². The lowest BCUT2D eigenvalue weighted by molar-refractivity contribution is 0.0689. The van der Waals surface area contributed by atoms with Gasteiger partial charge in [0.15, 0.2) is 5.69 Å². The monoisotopic (exact) mass is 307 g/mol. The molecular formula is C12H13N5O3S. The number of carbonyl (C=O) groups is 2. The summed E-state index contributed by atoms with van der Waals surface area (Å²) < 4.78 is 0. The maximum absolute atomic E-state index is 11.8. The third-order valence-corrected chi connectivity index (χ3v) is 3.70. The Balaban J connectivity index is 1.96. The largest absolute Gasteiger partial charge is 0.476 e. The lowest BCUT2D eigenvalue weighted by Crippen LogP contribution is -2.24. The standard InChI is InChI=1S/C12H13N5O3S/c1-6(2)11-17-16-9(21-11)5-15-10(18)7-3-14-8(4-13-7)12(19)20/h3-4,6H,5H2,1-2H3,(H,15,18)(H,19,20). The van der Waals surface area contributed by atoms with E-state index in [2.05, 4.69) is 25.5 Å². The molecule has 8 nitrogen and oxygen atoms in total. The van der Waals surface area contributed by atoms with E-state index in [4.69, 9.17) is 5.11 Å². The average molecular weight is 307 g/mol. The van der Waals surface area contributed by atoms with Crippen molar-refractivity contribution < 1.29 is 14.7 Å². The zero-order chi connectivity index (χ0) is 15.4. The van der Waals surface area contributed by atoms with Gasteiger partial charge in [-0.25, -0.2) is 14.8 Å². The first-order valence-electron chi connectivity index (χ1n) is 6.13. The Labute approximate surface area is 124 Å². The molecule has 2 heterocycles. The zero-order valence-corrected chi connectivity index (χ0v) is 12.2. The Bertz CT molecular complexity index is 653. The second-order valence-electron chi connectivity index (χ2n) is 4.46. The first-order valence-corrected chi connectivity index (χ1v) is 6.95. The highest BCUT2D eigenvalue weighted by molar-refractivity contribution is 7.11. The summed E-state index contributed by atoms with van der Waals surface area (Å²) in [6, 6.07) is 0. The van der Waals surface area contributed by atoms with Crippen LogP contribution in [0.4, 0.5) is 0 Å². The molecule has 2 aromatic heterocycles. The SMILES string of the molecule is CC(C)c1nnc(CNC(=O)c2cnc(C(=O)O)cn2)s1. The molecule has 110 valence electrons. The Kier molecular flexibility index (Phi) is 4.53. The van der Waals surface area contributed by atoms with Crippen LogP contribution in [0.1, 0.15) is 50.8 Å². The van der Waals surface area contributed by atoms with E-state index in [1.165, 1.54) is 11.3 Å². The van der Waals surface area contributed by atoms with Gasteiger partial charge in [0.1, 0.15) is 15.7 Å². The molecule has 0 unspecified atom stereocenters. The van der Waals surface area contributed by atoms with E-state index < -0.39 is 11.9 Å². The summed E-state index contributed by atoms with van der Waals surface area (Å²) in [6.45, 7) is 4.27. The minimum absolute atomic E-state index is 0.0496. The number of carboxylic acid groups (broad SMARTS) is 1. The maximum Gasteiger partial charge on any atom is 0.356 e. The van der Waals surface area contributed by atoms with Crippen molar-refractivity contribution in [2.45, 2.75) is 26.3 Å². The van der Waals surface area contributed by atoms with Gasteiger partial charge in [0.2, 0.25) is 0 Å². The average Bonchev–Trinajstić information content (AvgIpc) is 2.94. The third-order valence-electron chi connectivity index (χ3n) is 2.48. The minimum Gasteiger partial charge on any atom is -0.476 e. The van der Waals surface area contributed by atoms with Gasteiger partial charge in [0, 0.05) is 5.92 Å². The van der Waals surface area contributed by atoms with Crippen LogP contribution in [-0.4, -0.2) is 37.1 Å². The van der Waals surface area contributed by atoms with Crippen LogP contribution in [0.5, 0.6) is 0 Å². The van der Waals surface area contributed by atoms with E-state index in [1.807, 2.05) is 13.8 Å². The number of rotatable bonds is 5. The number of nitrogens with one attached hydrogen (secondary N) is 1. The fourth-order valence-electron chi connectivity index (χ4n) is 1.37. The van der Waals surface area contributed by atoms with Crippen molar-refractivity contribution in [1.82, 2.24) is 25.5 Å². The molecule has 9 heteroatoms. The van der Waals surface area contributed by atoms with Crippen molar-refractivity contribution in [3.63, 3.8) is 0 Å². The molecule has 2 aromatic rings. The van der Waals surface area contributed by atoms with E-state index in [9.17, 15) is 9.59 Å². The molecule has 0 saturated heterocycles. The van der Waals surface area contributed by atoms with Gasteiger partial charge >= 0.3 is 5.97 Å². The van der Waals surface area contributed by atoms with Crippen LogP contribution < -0.4 is 5.32 Å². The van der Waals surface area contributed by atoms with Gasteiger partial charge < -0.3 is 10.4 Å². The molecule has 21 heavy (non-hydrogen) atoms. The molecule has 0 aliphatic rings. The summed E-state index contributed by atoms with van der Waals surface area (Å²) in [5, 5.41) is 20.9. The van der Waals surface area contributed by atoms with Gasteiger partial charge in [-0.05, 0) is 0 Å². The molecule has 0 aliphatic heterocycles. The fourth-order valence-corrected chi connectivity index (χ4v) is 2.16. The van der Waals surface area contributed by atoms with Crippen molar-refractivity contribution in [3.8, 4) is 0 Å². The number of carboxylic acids is 1. The van der Waals surface area contributed by atoms with E-state index in [0.717, 1.165) is 17.4 Å². The highest BCUT2D eigenvalue weighted by atomic mass is 32.1. The third kappa shape index (κ3) is 3.78. The number of aromatic carboxylic acids is 1. The summed E-state index contributed by atoms with van der Waals surface area (Å²) >= 11 is 1.43. The molecule has 2 rings (SSSR count). The van der Waals surface area contributed by atoms with Crippen LogP contribution in [0.2, 0.25) is 0 Å². The molecular weight excluding hydrogens is 294 g/mol. The first kappa shape index (κ1) is 15.0. The molecule has 0 atom stereocenters. The Morgan fingerprint density at radius 1 is 1.24 bits per heavy atom. The Morgan fingerprint density at radius 2 is 1.90 bits per heavy atom. The zero-order valence-electron chi connectivity index (χ0n) is 11.4. The van der Waals surface area contributed by atoms with Crippen LogP contribution in [0, 0.1) is 0 Å². The minimum atomic E-state index is -1.19. The number of aromatic nitrogens is 4. The molecule has 1 amide bonds. The van der Waals surface area contributed by atoms with Crippen LogP contribution in [0.15, 0.2) is 12.4 Å². The van der Waals surface area contributed by atoms with Crippen molar-refractivity contribution >= 4 is 23.2 Å². The highest BCUT2D eigenvalue weighted by Crippen LogP contribution is 2.18. The van der Waals surface area contributed by atoms with E-state index in [-0.39, 0.29) is 17.9 Å². The summed E-state index contributed by atoms with van der Waals surface area (Å²) in [6.07, 6.45) is 2.16. The summed E-state index contributed by atoms with van der Waals surface area (Å²) in [5.74, 6) is -1.34. The molecule has 0 aliphatic carbocycles. The van der Waals surface area contributed by atoms with Gasteiger partial charge in [0.25, 0.3) is 5.91 Å². The molecule has 0 spiro atoms. The maximum atomic E-state index is 11.8. The number of hydrogen-bond acceptors (Lipinski definition) is 7. The van der Waals surface area contributed by atoms with Gasteiger partial charge in [-0.2, -0.15) is 0 Å². The van der Waals surface area contributed by atoms with Crippen LogP contribution in [0.3, 0.4) is 0 Å². The van der Waals surface area contributed by atoms with Gasteiger partial charge in [-0.1, -0.05) is 25.2 Å². The fraction of sp³-hybridized carbons (Fsp3) is 0.333. The molecule has 0 bridgehead atoms. The topological polar surface area (TPSA) is 118 Å². The lowest BCUT2D eigenvalue weighted by atomic mass is 10.2. The Morgan fingerprint density at radius 3 is 2.43 bits per heavy atom. The van der Waals surface area contributed by atoms with Crippen LogP contribution in [-0.2, 0) is 6.54 Å². The number of amides is 1. The van der Waals surface area contributed by atoms with E-state index in [1.54, 1.807) is 0 Å². The van der Waals surface area contributed by atoms with Crippen molar-refractivity contribution in [2.75, 3.05) is 0 Å². The first-order chi connectivity index (χ1) is 9.97. The predicted molar refractivity (Wildman–Crippen MR) is 74.2 cm³/mol. The molecule has 0 saturated carbocycles. The van der Waals surface area contributed by atoms with Crippen LogP contribution in [0.25, 0.3) is 0 Å². The number of nitrogens with zero attached hydrogens (tertiary/aromatic N) is 4. The Hall–Kier alpha value is -2.42. The molecule has 0 aromatic carbocycles. The lowest BCUT2D eigenvalue weighted by Gasteiger charge is -2.02. The second kappa shape index (κ2) is 6.35. The van der Waals surface area contributed by atoms with E-state index >= 15 is 0 Å². The molecule has 2 N–H and O–H groups in total. The van der Waals surface area contributed by atoms with Crippen LogP contribution >= 0.6 is 11.3 Å². The predicted octanol–water partition coefficient (Wildman–Crippen LogP) is 1.08. The van der Waals surface area contributed by atoms with Crippen molar-refractivity contribution in [2.24, 2.45) is 0 Å². The summed E-state index contributed by atoms with van der Waals surface area (Å²) in [4.78, 5) is 29.9. The molecule has 0 radical (unpaired) electrons.